The van der Waals surface area contributed by atoms with Gasteiger partial charge in [0.05, 0.1) is 5.92 Å². The van der Waals surface area contributed by atoms with Crippen molar-refractivity contribution in [2.45, 2.75) is 18.9 Å². The molecule has 0 saturated carbocycles. The molecule has 1 aromatic heterocycles. The average Bonchev–Trinajstić information content (AvgIpc) is 2.75. The van der Waals surface area contributed by atoms with Crippen LogP contribution in [0.1, 0.15) is 12.0 Å². The van der Waals surface area contributed by atoms with Crippen LogP contribution in [-0.4, -0.2) is 94.0 Å². The molecule has 3 aliphatic rings. The molecule has 3 aliphatic heterocycles. The number of carbonyl (C=O) groups excluding carboxylic acids is 2. The van der Waals surface area contributed by atoms with Gasteiger partial charge in [-0.3, -0.25) is 9.79 Å². The Hall–Kier alpha value is -3.08. The molecule has 0 aliphatic carbocycles. The number of hydrogen-bond acceptors (Lipinski definition) is 8. The number of carboxylic acid groups (broad SMARTS) is 1. The summed E-state index contributed by atoms with van der Waals surface area (Å²) >= 11 is 0. The molecular formula is C19H26ClN7O4. The van der Waals surface area contributed by atoms with Gasteiger partial charge in [0.1, 0.15) is 5.82 Å². The smallest absolute Gasteiger partial charge is 0.327 e. The fraction of sp³-hybridized carbons (Fsp3) is 0.526. The molecule has 0 bridgehead atoms. The van der Waals surface area contributed by atoms with Crippen LogP contribution in [-0.2, 0) is 16.0 Å². The van der Waals surface area contributed by atoms with E-state index in [1.807, 2.05) is 0 Å². The number of rotatable bonds is 3. The molecule has 0 spiro atoms. The van der Waals surface area contributed by atoms with Crippen LogP contribution in [0.2, 0.25) is 0 Å². The third-order valence-electron chi connectivity index (χ3n) is 5.70. The van der Waals surface area contributed by atoms with E-state index in [1.165, 1.54) is 11.1 Å². The highest BCUT2D eigenvalue weighted by Gasteiger charge is 2.55. The van der Waals surface area contributed by atoms with Gasteiger partial charge in [0.15, 0.2) is 12.0 Å². The number of aliphatic imine (C=N–C) groups is 1. The van der Waals surface area contributed by atoms with E-state index in [9.17, 15) is 19.5 Å². The van der Waals surface area contributed by atoms with Gasteiger partial charge in [0, 0.05) is 45.5 Å². The SMILES string of the molecule is Cl.Nc1cc(C[C@H]2C(=O)N(C(=O)N3CCN(C4=NCCCN4)CC3)[C@@H]2C(=O)O)ccn1. The van der Waals surface area contributed by atoms with E-state index in [0.717, 1.165) is 30.4 Å². The number of imide groups is 1. The van der Waals surface area contributed by atoms with Crippen molar-refractivity contribution < 1.29 is 19.5 Å². The van der Waals surface area contributed by atoms with Crippen LogP contribution in [0.25, 0.3) is 0 Å². The number of halogens is 1. The first kappa shape index (κ1) is 22.6. The van der Waals surface area contributed by atoms with Crippen molar-refractivity contribution in [2.75, 3.05) is 45.0 Å². The van der Waals surface area contributed by atoms with Crippen molar-refractivity contribution in [3.05, 3.63) is 23.9 Å². The molecule has 2 saturated heterocycles. The highest BCUT2D eigenvalue weighted by atomic mass is 35.5. The van der Waals surface area contributed by atoms with Crippen LogP contribution in [0.4, 0.5) is 10.6 Å². The quantitative estimate of drug-likeness (QED) is 0.528. The van der Waals surface area contributed by atoms with E-state index >= 15 is 0 Å². The largest absolute Gasteiger partial charge is 0.480 e. The number of urea groups is 1. The second kappa shape index (κ2) is 9.38. The minimum Gasteiger partial charge on any atom is -0.480 e. The number of pyridine rings is 1. The standard InChI is InChI=1S/C19H25N7O4.ClH/c20-14-11-12(2-5-21-14)10-13-15(17(28)29)26(16(13)27)19(30)25-8-6-24(7-9-25)18-22-3-1-4-23-18;/h2,5,11,13,15H,1,3-4,6-10H2,(H2,20,21)(H,22,23)(H,28,29);1H/t13-,15+;/m1./s1. The molecule has 2 atom stereocenters. The van der Waals surface area contributed by atoms with Crippen molar-refractivity contribution in [2.24, 2.45) is 10.9 Å². The number of amides is 3. The lowest BCUT2D eigenvalue weighted by atomic mass is 9.82. The second-order valence-electron chi connectivity index (χ2n) is 7.63. The lowest BCUT2D eigenvalue weighted by Crippen LogP contribution is -2.70. The topological polar surface area (TPSA) is 144 Å². The molecule has 1 aromatic rings. The summed E-state index contributed by atoms with van der Waals surface area (Å²) < 4.78 is 0. The summed E-state index contributed by atoms with van der Waals surface area (Å²) in [5, 5.41) is 12.9. The van der Waals surface area contributed by atoms with Gasteiger partial charge in [-0.25, -0.2) is 19.5 Å². The number of piperazine rings is 1. The fourth-order valence-corrected chi connectivity index (χ4v) is 4.11. The van der Waals surface area contributed by atoms with E-state index in [1.54, 1.807) is 12.1 Å². The van der Waals surface area contributed by atoms with Crippen LogP contribution in [0, 0.1) is 5.92 Å². The summed E-state index contributed by atoms with van der Waals surface area (Å²) in [6.45, 7) is 3.64. The predicted molar refractivity (Wildman–Crippen MR) is 115 cm³/mol. The van der Waals surface area contributed by atoms with Gasteiger partial charge in [0.2, 0.25) is 5.91 Å². The van der Waals surface area contributed by atoms with Crippen molar-refractivity contribution >= 4 is 42.1 Å². The number of β-lactam (4-membered cyclic amide) rings is 1. The Morgan fingerprint density at radius 3 is 2.61 bits per heavy atom. The molecule has 4 N–H and O–H groups in total. The van der Waals surface area contributed by atoms with Crippen molar-refractivity contribution in [1.82, 2.24) is 25.0 Å². The number of carbonyl (C=O) groups is 3. The number of nitrogens with two attached hydrogens (primary N) is 1. The number of aliphatic carboxylic acids is 1. The molecule has 168 valence electrons. The predicted octanol–water partition coefficient (Wildman–Crippen LogP) is -0.373. The summed E-state index contributed by atoms with van der Waals surface area (Å²) in [6, 6.07) is 1.57. The van der Waals surface area contributed by atoms with Crippen LogP contribution in [0.5, 0.6) is 0 Å². The molecule has 4 heterocycles. The Bertz CT molecular complexity index is 888. The van der Waals surface area contributed by atoms with Gasteiger partial charge in [0.25, 0.3) is 0 Å². The van der Waals surface area contributed by atoms with Gasteiger partial charge in [-0.15, -0.1) is 12.4 Å². The number of aromatic nitrogens is 1. The van der Waals surface area contributed by atoms with Crippen LogP contribution >= 0.6 is 12.4 Å². The lowest BCUT2D eigenvalue weighted by Gasteiger charge is -2.46. The lowest BCUT2D eigenvalue weighted by molar-refractivity contribution is -0.166. The van der Waals surface area contributed by atoms with Gasteiger partial charge in [-0.05, 0) is 30.5 Å². The number of nitrogen functional groups attached to an aromatic ring is 1. The molecule has 0 unspecified atom stereocenters. The Labute approximate surface area is 185 Å². The summed E-state index contributed by atoms with van der Waals surface area (Å²) in [5.74, 6) is -1.31. The minimum absolute atomic E-state index is 0. The van der Waals surface area contributed by atoms with E-state index in [0.29, 0.717) is 37.6 Å². The molecule has 0 radical (unpaired) electrons. The third-order valence-corrected chi connectivity index (χ3v) is 5.70. The molecule has 3 amide bonds. The van der Waals surface area contributed by atoms with Gasteiger partial charge in [-0.2, -0.15) is 0 Å². The highest BCUT2D eigenvalue weighted by Crippen LogP contribution is 2.32. The maximum Gasteiger partial charge on any atom is 0.327 e. The zero-order valence-electron chi connectivity index (χ0n) is 16.9. The summed E-state index contributed by atoms with van der Waals surface area (Å²) in [5.41, 5.74) is 6.38. The number of hydrogen-bond donors (Lipinski definition) is 3. The molecule has 12 heteroatoms. The molecule has 31 heavy (non-hydrogen) atoms. The highest BCUT2D eigenvalue weighted by molar-refractivity contribution is 6.07. The van der Waals surface area contributed by atoms with Crippen LogP contribution in [0.3, 0.4) is 0 Å². The Morgan fingerprint density at radius 2 is 2.00 bits per heavy atom. The first-order valence-corrected chi connectivity index (χ1v) is 10.0. The van der Waals surface area contributed by atoms with E-state index in [4.69, 9.17) is 5.73 Å². The van der Waals surface area contributed by atoms with E-state index < -0.39 is 29.9 Å². The summed E-state index contributed by atoms with van der Waals surface area (Å²) in [4.78, 5) is 50.3. The van der Waals surface area contributed by atoms with E-state index in [2.05, 4.69) is 20.2 Å². The van der Waals surface area contributed by atoms with E-state index in [-0.39, 0.29) is 18.8 Å². The van der Waals surface area contributed by atoms with Gasteiger partial charge in [-0.1, -0.05) is 0 Å². The Kier molecular flexibility index (Phi) is 6.84. The summed E-state index contributed by atoms with van der Waals surface area (Å²) in [6.07, 6.45) is 2.71. The molecule has 4 rings (SSSR count). The minimum atomic E-state index is -1.19. The number of guanidine groups is 1. The van der Waals surface area contributed by atoms with Crippen LogP contribution in [0.15, 0.2) is 23.3 Å². The zero-order chi connectivity index (χ0) is 21.3. The van der Waals surface area contributed by atoms with Crippen LogP contribution < -0.4 is 11.1 Å². The van der Waals surface area contributed by atoms with Gasteiger partial charge < -0.3 is 26.0 Å². The maximum atomic E-state index is 12.9. The monoisotopic (exact) mass is 451 g/mol. The van der Waals surface area contributed by atoms with Crippen molar-refractivity contribution in [3.63, 3.8) is 0 Å². The Balaban J connectivity index is 0.00000272. The zero-order valence-corrected chi connectivity index (χ0v) is 17.8. The number of nitrogens with zero attached hydrogens (tertiary/aromatic N) is 5. The second-order valence-corrected chi connectivity index (χ2v) is 7.63. The van der Waals surface area contributed by atoms with Crippen molar-refractivity contribution in [1.29, 1.82) is 0 Å². The number of anilines is 1. The normalized spacial score (nSPS) is 23.3. The summed E-state index contributed by atoms with van der Waals surface area (Å²) in [7, 11) is 0. The molecule has 2 fully saturated rings. The first-order valence-electron chi connectivity index (χ1n) is 10.0. The number of carboxylic acids is 1. The average molecular weight is 452 g/mol. The first-order chi connectivity index (χ1) is 14.5. The maximum absolute atomic E-state index is 12.9. The van der Waals surface area contributed by atoms with Gasteiger partial charge >= 0.3 is 12.0 Å². The Morgan fingerprint density at radius 1 is 1.26 bits per heavy atom. The fourth-order valence-electron chi connectivity index (χ4n) is 4.11. The molecule has 0 aromatic carbocycles. The molecular weight excluding hydrogens is 426 g/mol. The molecule has 11 nitrogen and oxygen atoms in total. The number of likely N-dealkylation sites (tertiary alicyclic amines) is 1. The third kappa shape index (κ3) is 4.50. The van der Waals surface area contributed by atoms with Crippen molar-refractivity contribution in [3.8, 4) is 0 Å². The number of nitrogens with one attached hydrogen (secondary N) is 1.